The second-order valence-corrected chi connectivity index (χ2v) is 18.5. The van der Waals surface area contributed by atoms with Crippen molar-refractivity contribution in [1.29, 1.82) is 0 Å². The largest absolute Gasteiger partial charge is 0.368 e. The summed E-state index contributed by atoms with van der Waals surface area (Å²) in [5.41, 5.74) is 8.50. The number of quaternary nitrogens is 2. The molecule has 3 aromatic carbocycles. The fourth-order valence-electron chi connectivity index (χ4n) is 10.9. The molecule has 4 nitrogen and oxygen atoms in total. The van der Waals surface area contributed by atoms with Crippen molar-refractivity contribution in [3.05, 3.63) is 125 Å². The summed E-state index contributed by atoms with van der Waals surface area (Å²) >= 11 is 0. The van der Waals surface area contributed by atoms with E-state index >= 15 is 0 Å². The summed E-state index contributed by atoms with van der Waals surface area (Å²) in [6.07, 6.45) is 20.9. The van der Waals surface area contributed by atoms with Crippen LogP contribution in [0.4, 0.5) is 10.1 Å². The minimum atomic E-state index is -0.137. The minimum Gasteiger partial charge on any atom is -0.368 e. The van der Waals surface area contributed by atoms with E-state index in [1.807, 2.05) is 6.07 Å². The molecule has 2 heterocycles. The van der Waals surface area contributed by atoms with E-state index in [1.165, 1.54) is 112 Å². The maximum atomic E-state index is 14.0. The van der Waals surface area contributed by atoms with Gasteiger partial charge in [0.2, 0.25) is 0 Å². The molecule has 2 atom stereocenters. The Bertz CT molecular complexity index is 1700. The number of hydrogen-bond donors (Lipinski definition) is 0. The zero-order chi connectivity index (χ0) is 39.7. The lowest BCUT2D eigenvalue weighted by molar-refractivity contribution is -0.952. The molecular weight excluding hydrogens is 688 g/mol. The van der Waals surface area contributed by atoms with E-state index in [9.17, 15) is 4.39 Å². The van der Waals surface area contributed by atoms with Crippen molar-refractivity contribution in [2.75, 3.05) is 58.3 Å². The molecule has 0 N–H and O–H groups in total. The van der Waals surface area contributed by atoms with Crippen LogP contribution in [0.1, 0.15) is 102 Å². The van der Waals surface area contributed by atoms with E-state index in [2.05, 4.69) is 131 Å². The third-order valence-electron chi connectivity index (χ3n) is 14.3. The molecule has 0 radical (unpaired) electrons. The number of rotatable bonds is 13. The van der Waals surface area contributed by atoms with E-state index < -0.39 is 0 Å². The van der Waals surface area contributed by atoms with Crippen molar-refractivity contribution < 1.29 is 13.4 Å². The first kappa shape index (κ1) is 42.2. The van der Waals surface area contributed by atoms with Crippen LogP contribution >= 0.6 is 0 Å². The maximum absolute atomic E-state index is 14.0. The molecule has 0 bridgehead atoms. The third-order valence-corrected chi connectivity index (χ3v) is 14.3. The fraction of sp³-hybridized carbons (Fsp3) is 0.569. The maximum Gasteiger partial charge on any atom is 0.125 e. The number of hydrogen-bond acceptors (Lipinski definition) is 2. The summed E-state index contributed by atoms with van der Waals surface area (Å²) in [5, 5.41) is 0. The Balaban J connectivity index is 0.000000190. The third kappa shape index (κ3) is 10.2. The van der Waals surface area contributed by atoms with Crippen LogP contribution in [0.15, 0.2) is 96.7 Å². The van der Waals surface area contributed by atoms with E-state index in [0.29, 0.717) is 24.0 Å². The molecule has 3 aromatic rings. The molecule has 0 spiro atoms. The molecule has 7 rings (SSSR count). The Morgan fingerprint density at radius 3 is 1.86 bits per heavy atom. The molecular formula is C51H75FN4+2. The fourth-order valence-corrected chi connectivity index (χ4v) is 10.9. The Hall–Kier alpha value is -3.41. The highest BCUT2D eigenvalue weighted by molar-refractivity contribution is 5.50. The standard InChI is InChI=1S/C27H43N2.C24H32FN2/c1-6-13-25(18-22(4)5)28(26-19-23-14-9-10-15-24(23)20-26)21-27-16-11-12-17-29(27,7-2)8-3;1-27(2)15-6-5-12-24(27)13-14-26(22-11-7-10-21(25)18-22)23-16-19-8-3-4-9-20(19)17-23/h6,9-10,13-15,18,22,26-27H,7-8,11-12,16-17,19-21H2,1-5H3;3-4,7-11,18,23-24H,5-6,12-17H2,1-2H3/q2*+1/b13-6-,25-18+;. The number of anilines is 1. The molecule has 4 aliphatic rings. The van der Waals surface area contributed by atoms with Gasteiger partial charge >= 0.3 is 0 Å². The predicted molar refractivity (Wildman–Crippen MR) is 237 cm³/mol. The summed E-state index contributed by atoms with van der Waals surface area (Å²) in [7, 11) is 4.75. The van der Waals surface area contributed by atoms with Crippen molar-refractivity contribution >= 4 is 5.69 Å². The molecule has 2 unspecified atom stereocenters. The van der Waals surface area contributed by atoms with Crippen LogP contribution in [0, 0.1) is 11.7 Å². The molecule has 0 amide bonds. The van der Waals surface area contributed by atoms with Crippen LogP contribution in [-0.4, -0.2) is 91.4 Å². The van der Waals surface area contributed by atoms with Gasteiger partial charge < -0.3 is 18.8 Å². The number of piperidine rings is 2. The first-order chi connectivity index (χ1) is 27.1. The molecule has 0 aromatic heterocycles. The van der Waals surface area contributed by atoms with Gasteiger partial charge in [0.25, 0.3) is 0 Å². The smallest absolute Gasteiger partial charge is 0.125 e. The highest BCUT2D eigenvalue weighted by Gasteiger charge is 2.40. The van der Waals surface area contributed by atoms with Gasteiger partial charge in [0.1, 0.15) is 11.9 Å². The van der Waals surface area contributed by atoms with Gasteiger partial charge in [-0.25, -0.2) is 4.39 Å². The summed E-state index contributed by atoms with van der Waals surface area (Å²) < 4.78 is 16.4. The second kappa shape index (κ2) is 19.4. The van der Waals surface area contributed by atoms with Gasteiger partial charge in [-0.2, -0.15) is 0 Å². The van der Waals surface area contributed by atoms with E-state index in [1.54, 1.807) is 23.3 Å². The van der Waals surface area contributed by atoms with Gasteiger partial charge in [0, 0.05) is 42.9 Å². The lowest BCUT2D eigenvalue weighted by Crippen LogP contribution is -2.61. The average Bonchev–Trinajstić information content (AvgIpc) is 3.82. The summed E-state index contributed by atoms with van der Waals surface area (Å²) in [6.45, 7) is 19.0. The molecule has 2 aliphatic carbocycles. The highest BCUT2D eigenvalue weighted by atomic mass is 19.1. The van der Waals surface area contributed by atoms with Gasteiger partial charge in [0.15, 0.2) is 0 Å². The summed E-state index contributed by atoms with van der Waals surface area (Å²) in [6, 6.07) is 27.5. The predicted octanol–water partition coefficient (Wildman–Crippen LogP) is 10.8. The molecule has 5 heteroatoms. The van der Waals surface area contributed by atoms with Crippen LogP contribution in [0.3, 0.4) is 0 Å². The number of halogens is 1. The Morgan fingerprint density at radius 1 is 0.750 bits per heavy atom. The van der Waals surface area contributed by atoms with E-state index in [-0.39, 0.29) is 5.82 Å². The van der Waals surface area contributed by atoms with Crippen molar-refractivity contribution in [3.63, 3.8) is 0 Å². The molecule has 2 aliphatic heterocycles. The monoisotopic (exact) mass is 763 g/mol. The van der Waals surface area contributed by atoms with E-state index in [0.717, 1.165) is 35.6 Å². The van der Waals surface area contributed by atoms with Gasteiger partial charge in [0.05, 0.1) is 52.9 Å². The number of likely N-dealkylation sites (N-methyl/N-ethyl adjacent to an activating group) is 1. The lowest BCUT2D eigenvalue weighted by atomic mass is 9.96. The Morgan fingerprint density at radius 2 is 1.32 bits per heavy atom. The van der Waals surface area contributed by atoms with E-state index in [4.69, 9.17) is 0 Å². The molecule has 2 saturated heterocycles. The normalized spacial score (nSPS) is 22.1. The van der Waals surface area contributed by atoms with Crippen molar-refractivity contribution in [3.8, 4) is 0 Å². The first-order valence-electron chi connectivity index (χ1n) is 22.5. The number of allylic oxidation sites excluding steroid dienone is 3. The second-order valence-electron chi connectivity index (χ2n) is 18.5. The van der Waals surface area contributed by atoms with Gasteiger partial charge in [-0.3, -0.25) is 0 Å². The highest BCUT2D eigenvalue weighted by Crippen LogP contribution is 2.34. The Labute approximate surface area is 341 Å². The topological polar surface area (TPSA) is 6.48 Å². The number of likely N-dealkylation sites (tertiary alicyclic amines) is 2. The van der Waals surface area contributed by atoms with Crippen LogP contribution in [0.25, 0.3) is 0 Å². The van der Waals surface area contributed by atoms with Gasteiger partial charge in [-0.15, -0.1) is 0 Å². The van der Waals surface area contributed by atoms with Gasteiger partial charge in [-0.05, 0) is 131 Å². The van der Waals surface area contributed by atoms with Crippen LogP contribution in [-0.2, 0) is 25.7 Å². The molecule has 304 valence electrons. The first-order valence-corrected chi connectivity index (χ1v) is 22.5. The zero-order valence-corrected chi connectivity index (χ0v) is 36.2. The molecule has 56 heavy (non-hydrogen) atoms. The summed E-state index contributed by atoms with van der Waals surface area (Å²) in [4.78, 5) is 5.28. The molecule has 2 fully saturated rings. The Kier molecular flexibility index (Phi) is 14.6. The minimum absolute atomic E-state index is 0.137. The van der Waals surface area contributed by atoms with Crippen molar-refractivity contribution in [1.82, 2.24) is 4.90 Å². The van der Waals surface area contributed by atoms with Crippen LogP contribution in [0.5, 0.6) is 0 Å². The summed E-state index contributed by atoms with van der Waals surface area (Å²) in [5.74, 6) is 0.428. The average molecular weight is 763 g/mol. The number of nitrogens with zero attached hydrogens (tertiary/aromatic N) is 4. The van der Waals surface area contributed by atoms with Crippen molar-refractivity contribution in [2.24, 2.45) is 5.92 Å². The van der Waals surface area contributed by atoms with Crippen molar-refractivity contribution in [2.45, 2.75) is 129 Å². The lowest BCUT2D eigenvalue weighted by Gasteiger charge is -2.49. The number of benzene rings is 3. The van der Waals surface area contributed by atoms with Crippen LogP contribution < -0.4 is 4.90 Å². The SMILES string of the molecule is C/C=C\C(=C/C(C)C)N(CC1CCCC[N+]1(CC)CC)C1Cc2ccccc2C1.C[N+]1(C)CCCCC1CCN(c1cccc(F)c1)C1Cc2ccccc2C1. The van der Waals surface area contributed by atoms with Gasteiger partial charge in [-0.1, -0.05) is 80.6 Å². The quantitative estimate of drug-likeness (QED) is 0.126. The zero-order valence-electron chi connectivity index (χ0n) is 36.2. The van der Waals surface area contributed by atoms with Crippen LogP contribution in [0.2, 0.25) is 0 Å². The number of fused-ring (bicyclic) bond motifs is 2. The molecule has 0 saturated carbocycles.